The summed E-state index contributed by atoms with van der Waals surface area (Å²) < 4.78 is 13.0. The molecule has 2 amide bonds. The Bertz CT molecular complexity index is 760. The number of halogens is 2. The molecule has 2 N–H and O–H groups in total. The molecule has 0 radical (unpaired) electrons. The molecule has 0 heterocycles. The van der Waals surface area contributed by atoms with Crippen LogP contribution in [0.1, 0.15) is 15.9 Å². The Morgan fingerprint density at radius 2 is 1.87 bits per heavy atom. The first kappa shape index (κ1) is 16.7. The van der Waals surface area contributed by atoms with E-state index in [9.17, 15) is 14.0 Å². The lowest BCUT2D eigenvalue weighted by Crippen LogP contribution is -2.29. The lowest BCUT2D eigenvalue weighted by atomic mass is 10.1. The van der Waals surface area contributed by atoms with Gasteiger partial charge in [-0.05, 0) is 42.0 Å². The second kappa shape index (κ2) is 7.07. The van der Waals surface area contributed by atoms with Crippen LogP contribution in [0.2, 0.25) is 5.02 Å². The van der Waals surface area contributed by atoms with E-state index in [-0.39, 0.29) is 28.9 Å². The predicted molar refractivity (Wildman–Crippen MR) is 87.8 cm³/mol. The topological polar surface area (TPSA) is 63.4 Å². The van der Waals surface area contributed by atoms with Crippen LogP contribution in [0.3, 0.4) is 0 Å². The molecule has 2 rings (SSSR count). The fourth-order valence-corrected chi connectivity index (χ4v) is 2.28. The van der Waals surface area contributed by atoms with Crippen molar-refractivity contribution in [2.24, 2.45) is 5.73 Å². The number of carbonyl (C=O) groups excluding carboxylic acids is 2. The van der Waals surface area contributed by atoms with Gasteiger partial charge in [-0.25, -0.2) is 4.39 Å². The molecule has 0 atom stereocenters. The summed E-state index contributed by atoms with van der Waals surface area (Å²) in [5.41, 5.74) is 6.57. The van der Waals surface area contributed by atoms with Crippen molar-refractivity contribution in [3.63, 3.8) is 0 Å². The normalized spacial score (nSPS) is 10.2. The number of benzene rings is 2. The third-order valence-corrected chi connectivity index (χ3v) is 3.39. The standard InChI is InChI=1S/C17H14ClFN2O2/c1-2-16(22)21(10-11-3-5-14(19)6-4-11)15-8-12(17(20)23)7-13(18)9-15/h2-9H,1,10H2,(H2,20,23). The van der Waals surface area contributed by atoms with Crippen LogP contribution in [-0.4, -0.2) is 11.8 Å². The zero-order valence-corrected chi connectivity index (χ0v) is 12.9. The molecule has 0 fully saturated rings. The summed E-state index contributed by atoms with van der Waals surface area (Å²) in [4.78, 5) is 24.9. The van der Waals surface area contributed by atoms with Crippen molar-refractivity contribution in [1.29, 1.82) is 0 Å². The van der Waals surface area contributed by atoms with Crippen LogP contribution in [0.15, 0.2) is 55.1 Å². The molecule has 2 aromatic carbocycles. The molecule has 0 aromatic heterocycles. The van der Waals surface area contributed by atoms with Gasteiger partial charge in [-0.3, -0.25) is 9.59 Å². The largest absolute Gasteiger partial charge is 0.366 e. The summed E-state index contributed by atoms with van der Waals surface area (Å²) >= 11 is 5.99. The van der Waals surface area contributed by atoms with E-state index >= 15 is 0 Å². The van der Waals surface area contributed by atoms with Gasteiger partial charge in [0.05, 0.1) is 6.54 Å². The summed E-state index contributed by atoms with van der Waals surface area (Å²) in [6.07, 6.45) is 1.15. The van der Waals surface area contributed by atoms with Crippen molar-refractivity contribution < 1.29 is 14.0 Å². The van der Waals surface area contributed by atoms with Gasteiger partial charge in [0, 0.05) is 16.3 Å². The average Bonchev–Trinajstić information content (AvgIpc) is 2.53. The maximum atomic E-state index is 13.0. The lowest BCUT2D eigenvalue weighted by Gasteiger charge is -2.22. The molecule has 0 aliphatic heterocycles. The fourth-order valence-electron chi connectivity index (χ4n) is 2.05. The summed E-state index contributed by atoms with van der Waals surface area (Å²) in [6.45, 7) is 3.64. The summed E-state index contributed by atoms with van der Waals surface area (Å²) in [5, 5.41) is 0.275. The molecule has 0 bridgehead atoms. The Hall–Kier alpha value is -2.66. The molecule has 0 saturated carbocycles. The minimum Gasteiger partial charge on any atom is -0.366 e. The molecule has 4 nitrogen and oxygen atoms in total. The van der Waals surface area contributed by atoms with Crippen LogP contribution < -0.4 is 10.6 Å². The van der Waals surface area contributed by atoms with Crippen LogP contribution in [0.4, 0.5) is 10.1 Å². The highest BCUT2D eigenvalue weighted by atomic mass is 35.5. The van der Waals surface area contributed by atoms with E-state index in [1.165, 1.54) is 29.2 Å². The Balaban J connectivity index is 2.42. The van der Waals surface area contributed by atoms with Crippen molar-refractivity contribution in [2.45, 2.75) is 6.54 Å². The minimum atomic E-state index is -0.651. The van der Waals surface area contributed by atoms with Gasteiger partial charge < -0.3 is 10.6 Å². The summed E-state index contributed by atoms with van der Waals surface area (Å²) in [7, 11) is 0. The van der Waals surface area contributed by atoms with Crippen LogP contribution in [0, 0.1) is 5.82 Å². The van der Waals surface area contributed by atoms with E-state index in [0.717, 1.165) is 6.08 Å². The average molecular weight is 333 g/mol. The first-order chi connectivity index (χ1) is 10.9. The zero-order valence-electron chi connectivity index (χ0n) is 12.1. The third-order valence-electron chi connectivity index (χ3n) is 3.17. The first-order valence-electron chi connectivity index (χ1n) is 6.69. The Morgan fingerprint density at radius 3 is 2.43 bits per heavy atom. The van der Waals surface area contributed by atoms with Gasteiger partial charge in [0.1, 0.15) is 5.82 Å². The van der Waals surface area contributed by atoms with Crippen molar-refractivity contribution >= 4 is 29.1 Å². The van der Waals surface area contributed by atoms with Gasteiger partial charge in [0.25, 0.3) is 5.91 Å². The Morgan fingerprint density at radius 1 is 1.22 bits per heavy atom. The highest BCUT2D eigenvalue weighted by Crippen LogP contribution is 2.24. The number of amides is 2. The van der Waals surface area contributed by atoms with Gasteiger partial charge >= 0.3 is 0 Å². The minimum absolute atomic E-state index is 0.170. The number of hydrogen-bond donors (Lipinski definition) is 1. The smallest absolute Gasteiger partial charge is 0.250 e. The van der Waals surface area contributed by atoms with Gasteiger partial charge in [-0.2, -0.15) is 0 Å². The van der Waals surface area contributed by atoms with Crippen molar-refractivity contribution in [3.8, 4) is 0 Å². The predicted octanol–water partition coefficient (Wildman–Crippen LogP) is 3.30. The van der Waals surface area contributed by atoms with E-state index < -0.39 is 5.91 Å². The number of nitrogens with two attached hydrogens (primary N) is 1. The molecule has 0 spiro atoms. The molecule has 6 heteroatoms. The molecule has 0 unspecified atom stereocenters. The highest BCUT2D eigenvalue weighted by Gasteiger charge is 2.16. The van der Waals surface area contributed by atoms with Gasteiger partial charge in [-0.1, -0.05) is 30.3 Å². The molecule has 2 aromatic rings. The van der Waals surface area contributed by atoms with Crippen LogP contribution >= 0.6 is 11.6 Å². The van der Waals surface area contributed by atoms with E-state index in [4.69, 9.17) is 17.3 Å². The van der Waals surface area contributed by atoms with Crippen LogP contribution in [0.25, 0.3) is 0 Å². The molecule has 0 aliphatic carbocycles. The van der Waals surface area contributed by atoms with Crippen molar-refractivity contribution in [2.75, 3.05) is 4.90 Å². The van der Waals surface area contributed by atoms with Crippen molar-refractivity contribution in [1.82, 2.24) is 0 Å². The number of carbonyl (C=O) groups is 2. The lowest BCUT2D eigenvalue weighted by molar-refractivity contribution is -0.114. The monoisotopic (exact) mass is 332 g/mol. The summed E-state index contributed by atoms with van der Waals surface area (Å²) in [5.74, 6) is -1.40. The maximum absolute atomic E-state index is 13.0. The van der Waals surface area contributed by atoms with E-state index in [1.54, 1.807) is 18.2 Å². The molecule has 0 aliphatic rings. The number of nitrogens with zero attached hydrogens (tertiary/aromatic N) is 1. The molecule has 23 heavy (non-hydrogen) atoms. The highest BCUT2D eigenvalue weighted by molar-refractivity contribution is 6.31. The Kier molecular flexibility index (Phi) is 5.13. The van der Waals surface area contributed by atoms with E-state index in [2.05, 4.69) is 6.58 Å². The molecular weight excluding hydrogens is 319 g/mol. The maximum Gasteiger partial charge on any atom is 0.250 e. The van der Waals surface area contributed by atoms with E-state index in [0.29, 0.717) is 11.3 Å². The van der Waals surface area contributed by atoms with Gasteiger partial charge in [0.15, 0.2) is 0 Å². The second-order valence-electron chi connectivity index (χ2n) is 4.82. The van der Waals surface area contributed by atoms with E-state index in [1.807, 2.05) is 0 Å². The number of hydrogen-bond acceptors (Lipinski definition) is 2. The second-order valence-corrected chi connectivity index (χ2v) is 5.25. The molecule has 118 valence electrons. The molecule has 0 saturated heterocycles. The third kappa shape index (κ3) is 4.17. The number of anilines is 1. The summed E-state index contributed by atoms with van der Waals surface area (Å²) in [6, 6.07) is 10.2. The van der Waals surface area contributed by atoms with Gasteiger partial charge in [-0.15, -0.1) is 0 Å². The number of primary amides is 1. The fraction of sp³-hybridized carbons (Fsp3) is 0.0588. The quantitative estimate of drug-likeness (QED) is 0.854. The number of rotatable bonds is 5. The van der Waals surface area contributed by atoms with Crippen molar-refractivity contribution in [3.05, 3.63) is 77.1 Å². The van der Waals surface area contributed by atoms with Crippen LogP contribution in [-0.2, 0) is 11.3 Å². The van der Waals surface area contributed by atoms with Crippen LogP contribution in [0.5, 0.6) is 0 Å². The van der Waals surface area contributed by atoms with Gasteiger partial charge in [0.2, 0.25) is 5.91 Å². The zero-order chi connectivity index (χ0) is 17.0. The molecular formula is C17H14ClFN2O2. The SMILES string of the molecule is C=CC(=O)N(Cc1ccc(F)cc1)c1cc(Cl)cc(C(N)=O)c1. The Labute approximate surface area is 138 Å². The first-order valence-corrected chi connectivity index (χ1v) is 7.07.